The van der Waals surface area contributed by atoms with Gasteiger partial charge in [0.15, 0.2) is 11.4 Å². The third kappa shape index (κ3) is 27.8. The molecule has 312 valence electrons. The van der Waals surface area contributed by atoms with Gasteiger partial charge in [-0.2, -0.15) is 0 Å². The average Bonchev–Trinajstić information content (AvgIpc) is 3.04. The fraction of sp³-hybridized carbons (Fsp3) is 0.571. The summed E-state index contributed by atoms with van der Waals surface area (Å²) in [7, 11) is 2.84. The van der Waals surface area contributed by atoms with Crippen molar-refractivity contribution in [2.24, 2.45) is 0 Å². The number of nitrogens with zero attached hydrogens (tertiary/aromatic N) is 2. The SMILES string of the molecule is CC(C)(O)C(C)(C)O.[B]C(=C)C.[C-]#[N+]c1cc(Br)c(N)c(CCOCOCC[Si](C)(C)C)c1.[C-]#[N+]c1cc(CCOCOCC[Si](C)(C)C)c(N)c(C(=C)C)c1. The van der Waals surface area contributed by atoms with Crippen LogP contribution in [0, 0.1) is 13.1 Å². The molecule has 0 bridgehead atoms. The van der Waals surface area contributed by atoms with E-state index >= 15 is 0 Å². The van der Waals surface area contributed by atoms with E-state index < -0.39 is 27.3 Å². The molecule has 0 fully saturated rings. The van der Waals surface area contributed by atoms with Gasteiger partial charge in [-0.15, -0.1) is 12.1 Å². The van der Waals surface area contributed by atoms with E-state index in [1.165, 1.54) is 0 Å². The van der Waals surface area contributed by atoms with Crippen LogP contribution in [-0.4, -0.2) is 85.4 Å². The summed E-state index contributed by atoms with van der Waals surface area (Å²) in [5.74, 6) is 0. The molecule has 0 saturated carbocycles. The lowest BCUT2D eigenvalue weighted by Gasteiger charge is -2.31. The minimum Gasteiger partial charge on any atom is -0.398 e. The monoisotopic (exact) mass is 872 g/mol. The van der Waals surface area contributed by atoms with Crippen molar-refractivity contribution in [3.05, 3.63) is 86.9 Å². The summed E-state index contributed by atoms with van der Waals surface area (Å²) >= 11 is 3.37. The highest BCUT2D eigenvalue weighted by atomic mass is 79.9. The van der Waals surface area contributed by atoms with Crippen LogP contribution < -0.4 is 11.5 Å². The Morgan fingerprint density at radius 1 is 0.714 bits per heavy atom. The second kappa shape index (κ2) is 27.0. The Balaban J connectivity index is 0. The van der Waals surface area contributed by atoms with E-state index in [1.807, 2.05) is 19.1 Å². The third-order valence-corrected chi connectivity index (χ3v) is 12.1. The number of allylic oxidation sites excluding steroid dienone is 2. The maximum Gasteiger partial charge on any atom is 0.188 e. The van der Waals surface area contributed by atoms with E-state index in [-0.39, 0.29) is 0 Å². The predicted molar refractivity (Wildman–Crippen MR) is 247 cm³/mol. The Morgan fingerprint density at radius 2 is 1.05 bits per heavy atom. The summed E-state index contributed by atoms with van der Waals surface area (Å²) in [4.78, 5) is 6.93. The zero-order valence-electron chi connectivity index (χ0n) is 36.3. The van der Waals surface area contributed by atoms with Crippen molar-refractivity contribution < 1.29 is 29.2 Å². The lowest BCUT2D eigenvalue weighted by atomic mass is 9.90. The topological polar surface area (TPSA) is 138 Å². The number of benzene rings is 2. The fourth-order valence-electron chi connectivity index (χ4n) is 3.73. The van der Waals surface area contributed by atoms with Crippen molar-refractivity contribution in [3.63, 3.8) is 0 Å². The molecule has 2 aromatic rings. The highest BCUT2D eigenvalue weighted by Crippen LogP contribution is 2.31. The number of anilines is 2. The molecule has 0 aliphatic carbocycles. The minimum atomic E-state index is -1.05. The van der Waals surface area contributed by atoms with E-state index in [2.05, 4.69) is 78.1 Å². The Bertz CT molecular complexity index is 1570. The van der Waals surface area contributed by atoms with Crippen LogP contribution in [0.25, 0.3) is 15.3 Å². The normalized spacial score (nSPS) is 11.4. The largest absolute Gasteiger partial charge is 0.398 e. The zero-order valence-corrected chi connectivity index (χ0v) is 39.9. The Hall–Kier alpha value is -2.76. The Morgan fingerprint density at radius 3 is 1.38 bits per heavy atom. The van der Waals surface area contributed by atoms with Crippen LogP contribution in [0.5, 0.6) is 0 Å². The summed E-state index contributed by atoms with van der Waals surface area (Å²) in [5, 5.41) is 18.2. The Labute approximate surface area is 351 Å². The average molecular weight is 874 g/mol. The molecular weight excluding hydrogens is 803 g/mol. The van der Waals surface area contributed by atoms with Gasteiger partial charge < -0.3 is 40.6 Å². The number of hydrogen-bond acceptors (Lipinski definition) is 8. The van der Waals surface area contributed by atoms with Gasteiger partial charge in [0.05, 0.1) is 37.6 Å². The molecular formula is C42H70BBrN4O6Si2. The quantitative estimate of drug-likeness (QED) is 0.0382. The number of nitrogens with two attached hydrogens (primary N) is 2. The lowest BCUT2D eigenvalue weighted by Crippen LogP contribution is -2.44. The molecule has 0 aromatic heterocycles. The summed E-state index contributed by atoms with van der Waals surface area (Å²) in [6.45, 7) is 48.6. The molecule has 14 heteroatoms. The van der Waals surface area contributed by atoms with Crippen molar-refractivity contribution in [3.8, 4) is 0 Å². The maximum absolute atomic E-state index is 9.10. The van der Waals surface area contributed by atoms with Crippen LogP contribution in [0.15, 0.2) is 47.4 Å². The number of ether oxygens (including phenoxy) is 4. The van der Waals surface area contributed by atoms with Gasteiger partial charge in [-0.05, 0) is 104 Å². The van der Waals surface area contributed by atoms with E-state index in [1.54, 1.807) is 46.8 Å². The molecule has 0 atom stereocenters. The summed E-state index contributed by atoms with van der Waals surface area (Å²) in [6, 6.07) is 9.43. The summed E-state index contributed by atoms with van der Waals surface area (Å²) < 4.78 is 22.7. The highest BCUT2D eigenvalue weighted by Gasteiger charge is 2.32. The fourth-order valence-corrected chi connectivity index (χ4v) is 5.73. The molecule has 2 radical (unpaired) electrons. The first-order chi connectivity index (χ1) is 25.6. The van der Waals surface area contributed by atoms with Crippen LogP contribution in [0.1, 0.15) is 58.2 Å². The van der Waals surface area contributed by atoms with E-state index in [0.717, 1.165) is 52.0 Å². The molecule has 0 heterocycles. The molecule has 10 nitrogen and oxygen atoms in total. The molecule has 0 aliphatic heterocycles. The van der Waals surface area contributed by atoms with Gasteiger partial charge in [-0.1, -0.05) is 70.5 Å². The first-order valence-electron chi connectivity index (χ1n) is 18.6. The van der Waals surface area contributed by atoms with Crippen LogP contribution in [-0.2, 0) is 31.8 Å². The van der Waals surface area contributed by atoms with Crippen molar-refractivity contribution in [2.45, 2.75) is 117 Å². The van der Waals surface area contributed by atoms with Crippen LogP contribution in [0.4, 0.5) is 22.7 Å². The van der Waals surface area contributed by atoms with Gasteiger partial charge in [0, 0.05) is 45.2 Å². The Kier molecular flexibility index (Phi) is 26.7. The number of aliphatic hydroxyl groups is 2. The van der Waals surface area contributed by atoms with E-state index in [9.17, 15) is 0 Å². The van der Waals surface area contributed by atoms with Crippen molar-refractivity contribution in [2.75, 3.05) is 51.5 Å². The second-order valence-electron chi connectivity index (χ2n) is 17.0. The highest BCUT2D eigenvalue weighted by molar-refractivity contribution is 9.10. The van der Waals surface area contributed by atoms with Crippen molar-refractivity contribution in [1.82, 2.24) is 0 Å². The van der Waals surface area contributed by atoms with Gasteiger partial charge in [0.2, 0.25) is 0 Å². The molecule has 56 heavy (non-hydrogen) atoms. The van der Waals surface area contributed by atoms with E-state index in [4.69, 9.17) is 61.6 Å². The zero-order chi connectivity index (χ0) is 43.9. The molecule has 0 saturated heterocycles. The standard InChI is InChI=1S/C18H28N2O2Si.C15H23BrN2O2Si.C6H14O2.C3H5B/c1-14(2)17-12-16(20-3)11-15(18(17)19)7-8-21-13-22-9-10-23(4,5)6;1-18-13-9-12(15(17)14(16)10-13)5-6-19-11-20-7-8-21(2,3)4;1-5(2,7)6(3,4)8;1-3(2)4/h11-12H,1,7-10,13,19H2,2,4-6H3;9-10H,5-8,11,17H2,2-4H3;7-8H,1-4H3;1H2,2H3. The molecule has 0 spiro atoms. The van der Waals surface area contributed by atoms with Gasteiger partial charge in [-0.25, -0.2) is 9.69 Å². The number of hydrogen-bond donors (Lipinski definition) is 4. The molecule has 6 N–H and O–H groups in total. The number of halogens is 1. The first-order valence-corrected chi connectivity index (χ1v) is 26.8. The van der Waals surface area contributed by atoms with Gasteiger partial charge in [0.25, 0.3) is 0 Å². The molecule has 0 amide bonds. The second-order valence-corrected chi connectivity index (χ2v) is 29.1. The molecule has 2 aromatic carbocycles. The van der Waals surface area contributed by atoms with Crippen molar-refractivity contribution in [1.29, 1.82) is 0 Å². The predicted octanol–water partition coefficient (Wildman–Crippen LogP) is 10.4. The molecule has 0 aliphatic rings. The van der Waals surface area contributed by atoms with Crippen LogP contribution >= 0.6 is 15.9 Å². The van der Waals surface area contributed by atoms with Gasteiger partial charge in [-0.3, -0.25) is 0 Å². The molecule has 0 unspecified atom stereocenters. The molecule has 2 rings (SSSR count). The van der Waals surface area contributed by atoms with E-state index in [0.29, 0.717) is 67.9 Å². The van der Waals surface area contributed by atoms with Gasteiger partial charge in [0.1, 0.15) is 21.4 Å². The van der Waals surface area contributed by atoms with Crippen molar-refractivity contribution >= 4 is 68.2 Å². The minimum absolute atomic E-state index is 0.306. The lowest BCUT2D eigenvalue weighted by molar-refractivity contribution is -0.107. The smallest absolute Gasteiger partial charge is 0.188 e. The third-order valence-electron chi connectivity index (χ3n) is 8.02. The first kappa shape index (κ1) is 55.3. The summed E-state index contributed by atoms with van der Waals surface area (Å²) in [5.41, 5.74) is 16.9. The van der Waals surface area contributed by atoms with Crippen LogP contribution in [0.2, 0.25) is 51.4 Å². The van der Waals surface area contributed by atoms with Crippen LogP contribution in [0.3, 0.4) is 0 Å². The van der Waals surface area contributed by atoms with Gasteiger partial charge >= 0.3 is 0 Å². The number of rotatable bonds is 18. The number of nitrogen functional groups attached to an aromatic ring is 2. The summed E-state index contributed by atoms with van der Waals surface area (Å²) in [6.07, 6.45) is 1.33. The maximum atomic E-state index is 9.10.